The van der Waals surface area contributed by atoms with Gasteiger partial charge in [-0.15, -0.1) is 0 Å². The molecule has 4 aliphatic rings. The van der Waals surface area contributed by atoms with Crippen molar-refractivity contribution in [1.29, 1.82) is 0 Å². The van der Waals surface area contributed by atoms with Crippen LogP contribution in [0.25, 0.3) is 0 Å². The Hall–Kier alpha value is -2.83. The van der Waals surface area contributed by atoms with Crippen LogP contribution >= 0.6 is 0 Å². The molecule has 6 nitrogen and oxygen atoms in total. The number of esters is 3. The molecular weight excluding hydrogens is 626 g/mol. The molecule has 0 saturated heterocycles. The lowest BCUT2D eigenvalue weighted by atomic mass is 9.51. The minimum atomic E-state index is -7.18. The Morgan fingerprint density at radius 1 is 0.643 bits per heavy atom. The molecule has 0 heterocycles. The van der Waals surface area contributed by atoms with Crippen molar-refractivity contribution in [2.24, 2.45) is 17.8 Å². The molecule has 4 saturated carbocycles. The molecule has 42 heavy (non-hydrogen) atoms. The molecule has 4 aliphatic carbocycles. The molecule has 0 aromatic rings. The van der Waals surface area contributed by atoms with E-state index in [2.05, 4.69) is 16.1 Å². The first-order valence-corrected chi connectivity index (χ1v) is 11.6. The Morgan fingerprint density at radius 2 is 1.00 bits per heavy atom. The first-order valence-electron chi connectivity index (χ1n) is 11.6. The van der Waals surface area contributed by atoms with Crippen molar-refractivity contribution in [3.63, 3.8) is 0 Å². The van der Waals surface area contributed by atoms with Crippen molar-refractivity contribution in [2.75, 3.05) is 0 Å². The van der Waals surface area contributed by atoms with Crippen molar-refractivity contribution in [3.05, 3.63) is 12.2 Å². The summed E-state index contributed by atoms with van der Waals surface area (Å²) in [6, 6.07) is 0. The van der Waals surface area contributed by atoms with Crippen LogP contribution in [-0.2, 0) is 28.6 Å². The van der Waals surface area contributed by atoms with Gasteiger partial charge in [0.1, 0.15) is 5.60 Å². The Labute approximate surface area is 225 Å². The fourth-order valence-corrected chi connectivity index (χ4v) is 5.65. The van der Waals surface area contributed by atoms with Crippen LogP contribution in [0.5, 0.6) is 0 Å². The summed E-state index contributed by atoms with van der Waals surface area (Å²) in [6.45, 7) is 4.46. The lowest BCUT2D eigenvalue weighted by molar-refractivity contribution is -0.377. The first kappa shape index (κ1) is 33.7. The normalized spacial score (nSPS) is 27.8. The fraction of sp³-hybridized carbons (Fsp3) is 0.773. The molecule has 0 spiro atoms. The summed E-state index contributed by atoms with van der Waals surface area (Å²) in [5.41, 5.74) is -1.90. The van der Waals surface area contributed by atoms with Gasteiger partial charge < -0.3 is 14.2 Å². The quantitative estimate of drug-likeness (QED) is 0.137. The number of rotatable bonds is 8. The van der Waals surface area contributed by atoms with Crippen LogP contribution in [0.4, 0.5) is 61.5 Å². The second-order valence-corrected chi connectivity index (χ2v) is 10.5. The van der Waals surface area contributed by atoms with Gasteiger partial charge in [-0.25, -0.2) is 14.4 Å². The first-order chi connectivity index (χ1) is 18.6. The average Bonchev–Trinajstić information content (AvgIpc) is 2.79. The van der Waals surface area contributed by atoms with E-state index >= 15 is 0 Å². The predicted molar refractivity (Wildman–Crippen MR) is 104 cm³/mol. The molecule has 20 heteroatoms. The summed E-state index contributed by atoms with van der Waals surface area (Å²) in [5, 5.41) is 0. The smallest absolute Gasteiger partial charge is 0.456 e. The highest BCUT2D eigenvalue weighted by Gasteiger charge is 2.81. The zero-order valence-corrected chi connectivity index (χ0v) is 20.7. The van der Waals surface area contributed by atoms with E-state index in [9.17, 15) is 75.8 Å². The van der Waals surface area contributed by atoms with Crippen LogP contribution in [-0.4, -0.2) is 65.3 Å². The Bertz CT molecular complexity index is 1090. The van der Waals surface area contributed by atoms with Gasteiger partial charge in [0.2, 0.25) is 0 Å². The van der Waals surface area contributed by atoms with E-state index in [0.717, 1.165) is 0 Å². The molecule has 0 amide bonds. The Morgan fingerprint density at radius 3 is 1.31 bits per heavy atom. The van der Waals surface area contributed by atoms with Crippen LogP contribution < -0.4 is 0 Å². The average molecular weight is 644 g/mol. The van der Waals surface area contributed by atoms with Crippen LogP contribution in [0.15, 0.2) is 12.2 Å². The molecule has 0 radical (unpaired) electrons. The van der Waals surface area contributed by atoms with Gasteiger partial charge in [0.05, 0.1) is 0 Å². The van der Waals surface area contributed by atoms with Crippen LogP contribution in [0.1, 0.15) is 39.0 Å². The van der Waals surface area contributed by atoms with Gasteiger partial charge >= 0.3 is 54.0 Å². The molecule has 4 bridgehead atoms. The van der Waals surface area contributed by atoms with E-state index < -0.39 is 109 Å². The summed E-state index contributed by atoms with van der Waals surface area (Å²) in [4.78, 5) is 36.4. The monoisotopic (exact) mass is 644 g/mol. The lowest BCUT2D eigenvalue weighted by Gasteiger charge is -2.62. The predicted octanol–water partition coefficient (Wildman–Crippen LogP) is 6.13. The third kappa shape index (κ3) is 4.94. The fourth-order valence-electron chi connectivity index (χ4n) is 5.65. The van der Waals surface area contributed by atoms with Gasteiger partial charge in [0.25, 0.3) is 5.79 Å². The Balaban J connectivity index is 2.10. The lowest BCUT2D eigenvalue weighted by Crippen LogP contribution is -2.70. The molecule has 0 N–H and O–H groups in total. The SMILES string of the molecule is C=C(C)C(=O)OC12CC3CC(C1)C(OC(=O)C(F)(F)C(F)(F)C(F)(F)F)(OC(=O)C(F)(F)C(F)(F)C(F)(F)F)C(C3)C2. The molecule has 0 aliphatic heterocycles. The largest absolute Gasteiger partial charge is 0.460 e. The third-order valence-corrected chi connectivity index (χ3v) is 7.45. The van der Waals surface area contributed by atoms with E-state index in [4.69, 9.17) is 4.74 Å². The number of carbonyl (C=O) groups excluding carboxylic acids is 3. The van der Waals surface area contributed by atoms with E-state index in [1.54, 1.807) is 0 Å². The van der Waals surface area contributed by atoms with Gasteiger partial charge in [0.15, 0.2) is 0 Å². The standard InChI is InChI=1S/C22H18F14O6/c1-8(2)12(37)40-15-5-9-3-10(6-15)16(11(4-9)7-15,41-13(38)17(23,24)19(27,28)21(31,32)33)42-14(39)18(25,26)20(29,30)22(34,35)36/h9-11H,1,3-7H2,2H3. The van der Waals surface area contributed by atoms with Crippen LogP contribution in [0.2, 0.25) is 0 Å². The number of ether oxygens (including phenoxy) is 3. The summed E-state index contributed by atoms with van der Waals surface area (Å²) in [6.07, 6.45) is -17.0. The van der Waals surface area contributed by atoms with E-state index in [-0.39, 0.29) is 12.0 Å². The maximum atomic E-state index is 14.1. The summed E-state index contributed by atoms with van der Waals surface area (Å²) < 4.78 is 200. The zero-order chi connectivity index (χ0) is 32.7. The van der Waals surface area contributed by atoms with Crippen molar-refractivity contribution in [3.8, 4) is 0 Å². The van der Waals surface area contributed by atoms with Crippen molar-refractivity contribution < 1.29 is 90.1 Å². The van der Waals surface area contributed by atoms with Crippen molar-refractivity contribution in [2.45, 2.75) is 86.5 Å². The molecule has 0 aromatic heterocycles. The number of alkyl halides is 14. The minimum Gasteiger partial charge on any atom is -0.456 e. The highest BCUT2D eigenvalue weighted by atomic mass is 19.4. The van der Waals surface area contributed by atoms with E-state index in [1.165, 1.54) is 6.92 Å². The summed E-state index contributed by atoms with van der Waals surface area (Å²) in [5.74, 6) is -45.2. The van der Waals surface area contributed by atoms with Crippen LogP contribution in [0.3, 0.4) is 0 Å². The number of halogens is 14. The van der Waals surface area contributed by atoms with E-state index in [1.807, 2.05) is 0 Å². The summed E-state index contributed by atoms with van der Waals surface area (Å²) in [7, 11) is 0. The molecule has 2 atom stereocenters. The summed E-state index contributed by atoms with van der Waals surface area (Å²) >= 11 is 0. The van der Waals surface area contributed by atoms with Gasteiger partial charge in [0, 0.05) is 17.4 Å². The van der Waals surface area contributed by atoms with Gasteiger partial charge in [-0.1, -0.05) is 6.58 Å². The molecule has 240 valence electrons. The third-order valence-electron chi connectivity index (χ3n) is 7.45. The molecule has 4 fully saturated rings. The topological polar surface area (TPSA) is 78.9 Å². The number of hydrogen-bond acceptors (Lipinski definition) is 6. The van der Waals surface area contributed by atoms with Crippen molar-refractivity contribution in [1.82, 2.24) is 0 Å². The zero-order valence-electron chi connectivity index (χ0n) is 20.7. The van der Waals surface area contributed by atoms with Crippen LogP contribution in [0, 0.1) is 17.8 Å². The van der Waals surface area contributed by atoms with Crippen molar-refractivity contribution >= 4 is 17.9 Å². The second-order valence-electron chi connectivity index (χ2n) is 10.5. The molecule has 0 aromatic carbocycles. The maximum absolute atomic E-state index is 14.1. The molecule has 4 rings (SSSR count). The second kappa shape index (κ2) is 9.59. The highest BCUT2D eigenvalue weighted by molar-refractivity contribution is 5.87. The molecule has 2 unspecified atom stereocenters. The Kier molecular flexibility index (Phi) is 7.68. The molecular formula is C22H18F14O6. The maximum Gasteiger partial charge on any atom is 0.460 e. The highest BCUT2D eigenvalue weighted by Crippen LogP contribution is 2.64. The van der Waals surface area contributed by atoms with Gasteiger partial charge in [-0.3, -0.25) is 0 Å². The van der Waals surface area contributed by atoms with Gasteiger partial charge in [-0.2, -0.15) is 61.5 Å². The van der Waals surface area contributed by atoms with E-state index in [0.29, 0.717) is 0 Å². The number of carbonyl (C=O) groups is 3. The minimum absolute atomic E-state index is 0.0540. The van der Waals surface area contributed by atoms with Gasteiger partial charge in [-0.05, 0) is 44.9 Å². The number of hydrogen-bond donors (Lipinski definition) is 0.